The number of nitrogens with zero attached hydrogens (tertiary/aromatic N) is 3. The van der Waals surface area contributed by atoms with Crippen LogP contribution in [0, 0.1) is 6.92 Å². The molecule has 2 N–H and O–H groups in total. The minimum absolute atomic E-state index is 0. The molecule has 0 radical (unpaired) electrons. The maximum absolute atomic E-state index is 12.0. The van der Waals surface area contributed by atoms with Gasteiger partial charge in [-0.3, -0.25) is 9.20 Å². The van der Waals surface area contributed by atoms with Crippen molar-refractivity contribution in [3.63, 3.8) is 0 Å². The molecule has 2 aromatic heterocycles. The molecule has 0 aromatic carbocycles. The van der Waals surface area contributed by atoms with Crippen molar-refractivity contribution in [2.75, 3.05) is 19.6 Å². The number of rotatable bonds is 6. The van der Waals surface area contributed by atoms with E-state index in [2.05, 4.69) is 27.8 Å². The summed E-state index contributed by atoms with van der Waals surface area (Å²) in [6.45, 7) is 6.35. The SMILES string of the molecule is CCCNCCNC(=O)c1ccc2nnc(C)n2c1.Cl.Cl. The number of carbonyl (C=O) groups excluding carboxylic acids is 1. The van der Waals surface area contributed by atoms with Crippen LogP contribution in [-0.2, 0) is 0 Å². The monoisotopic (exact) mass is 333 g/mol. The Labute approximate surface area is 136 Å². The molecule has 0 spiro atoms. The van der Waals surface area contributed by atoms with Gasteiger partial charge in [0.25, 0.3) is 5.91 Å². The summed E-state index contributed by atoms with van der Waals surface area (Å²) in [6.07, 6.45) is 2.86. The highest BCUT2D eigenvalue weighted by molar-refractivity contribution is 5.94. The van der Waals surface area contributed by atoms with Gasteiger partial charge in [-0.1, -0.05) is 6.92 Å². The molecule has 0 saturated heterocycles. The molecule has 2 heterocycles. The first-order valence-electron chi connectivity index (χ1n) is 6.52. The van der Waals surface area contributed by atoms with Crippen molar-refractivity contribution in [3.8, 4) is 0 Å². The Morgan fingerprint density at radius 1 is 1.19 bits per heavy atom. The summed E-state index contributed by atoms with van der Waals surface area (Å²) in [5, 5.41) is 14.1. The van der Waals surface area contributed by atoms with Gasteiger partial charge >= 0.3 is 0 Å². The number of pyridine rings is 1. The predicted octanol–water partition coefficient (Wildman–Crippen LogP) is 1.61. The predicted molar refractivity (Wildman–Crippen MR) is 87.7 cm³/mol. The van der Waals surface area contributed by atoms with Crippen molar-refractivity contribution >= 4 is 36.4 Å². The molecule has 118 valence electrons. The fraction of sp³-hybridized carbons (Fsp3) is 0.462. The van der Waals surface area contributed by atoms with Gasteiger partial charge in [-0.2, -0.15) is 0 Å². The van der Waals surface area contributed by atoms with E-state index < -0.39 is 0 Å². The van der Waals surface area contributed by atoms with Gasteiger partial charge in [0.1, 0.15) is 5.82 Å². The fourth-order valence-corrected chi connectivity index (χ4v) is 1.81. The zero-order valence-electron chi connectivity index (χ0n) is 12.1. The van der Waals surface area contributed by atoms with Gasteiger partial charge in [0.2, 0.25) is 0 Å². The van der Waals surface area contributed by atoms with Gasteiger partial charge < -0.3 is 10.6 Å². The molecule has 0 saturated carbocycles. The average molecular weight is 334 g/mol. The molecule has 0 bridgehead atoms. The standard InChI is InChI=1S/C13H19N5O.2ClH/c1-3-6-14-7-8-15-13(19)11-4-5-12-17-16-10(2)18(12)9-11;;/h4-5,9,14H,3,6-8H2,1-2H3,(H,15,19);2*1H. The van der Waals surface area contributed by atoms with Crippen molar-refractivity contribution < 1.29 is 4.79 Å². The zero-order valence-corrected chi connectivity index (χ0v) is 13.8. The summed E-state index contributed by atoms with van der Waals surface area (Å²) >= 11 is 0. The number of hydrogen-bond donors (Lipinski definition) is 2. The number of nitrogens with one attached hydrogen (secondary N) is 2. The fourth-order valence-electron chi connectivity index (χ4n) is 1.81. The first-order chi connectivity index (χ1) is 9.22. The highest BCUT2D eigenvalue weighted by Gasteiger charge is 2.07. The van der Waals surface area contributed by atoms with Crippen LogP contribution in [0.4, 0.5) is 0 Å². The van der Waals surface area contributed by atoms with E-state index >= 15 is 0 Å². The van der Waals surface area contributed by atoms with Gasteiger partial charge in [-0.05, 0) is 32.0 Å². The Balaban J connectivity index is 0.00000200. The zero-order chi connectivity index (χ0) is 13.7. The van der Waals surface area contributed by atoms with E-state index in [1.54, 1.807) is 18.3 Å². The molecule has 0 aliphatic carbocycles. The Morgan fingerprint density at radius 2 is 1.95 bits per heavy atom. The topological polar surface area (TPSA) is 71.3 Å². The van der Waals surface area contributed by atoms with Crippen LogP contribution in [0.5, 0.6) is 0 Å². The van der Waals surface area contributed by atoms with Crippen LogP contribution in [0.25, 0.3) is 5.65 Å². The maximum Gasteiger partial charge on any atom is 0.252 e. The number of halogens is 2. The number of fused-ring (bicyclic) bond motifs is 1. The highest BCUT2D eigenvalue weighted by Crippen LogP contribution is 2.06. The molecular weight excluding hydrogens is 313 g/mol. The van der Waals surface area contributed by atoms with E-state index in [9.17, 15) is 4.79 Å². The second-order valence-corrected chi connectivity index (χ2v) is 4.40. The molecule has 2 rings (SSSR count). The third kappa shape index (κ3) is 5.15. The van der Waals surface area contributed by atoms with Crippen LogP contribution in [-0.4, -0.2) is 40.1 Å². The molecule has 0 aliphatic rings. The third-order valence-electron chi connectivity index (χ3n) is 2.85. The van der Waals surface area contributed by atoms with Crippen molar-refractivity contribution in [1.82, 2.24) is 25.2 Å². The molecule has 0 atom stereocenters. The largest absolute Gasteiger partial charge is 0.351 e. The summed E-state index contributed by atoms with van der Waals surface area (Å²) < 4.78 is 1.81. The molecule has 0 fully saturated rings. The maximum atomic E-state index is 12.0. The molecule has 0 unspecified atom stereocenters. The number of carbonyl (C=O) groups is 1. The van der Waals surface area contributed by atoms with Gasteiger partial charge in [-0.25, -0.2) is 0 Å². The van der Waals surface area contributed by atoms with Crippen molar-refractivity contribution in [1.29, 1.82) is 0 Å². The van der Waals surface area contributed by atoms with Gasteiger partial charge in [0, 0.05) is 19.3 Å². The molecule has 21 heavy (non-hydrogen) atoms. The molecule has 2 aromatic rings. The molecule has 6 nitrogen and oxygen atoms in total. The van der Waals surface area contributed by atoms with Gasteiger partial charge in [0.15, 0.2) is 5.65 Å². The minimum atomic E-state index is -0.0756. The molecule has 0 aliphatic heterocycles. The Kier molecular flexibility index (Phi) is 8.92. The van der Waals surface area contributed by atoms with E-state index in [0.717, 1.165) is 31.0 Å². The third-order valence-corrected chi connectivity index (χ3v) is 2.85. The second kappa shape index (κ2) is 9.55. The average Bonchev–Trinajstić information content (AvgIpc) is 2.79. The van der Waals surface area contributed by atoms with Gasteiger partial charge in [-0.15, -0.1) is 35.0 Å². The van der Waals surface area contributed by atoms with Gasteiger partial charge in [0.05, 0.1) is 5.56 Å². The Bertz CT molecular complexity index is 573. The lowest BCUT2D eigenvalue weighted by Crippen LogP contribution is -2.32. The second-order valence-electron chi connectivity index (χ2n) is 4.40. The van der Waals surface area contributed by atoms with Crippen LogP contribution < -0.4 is 10.6 Å². The van der Waals surface area contributed by atoms with Crippen LogP contribution >= 0.6 is 24.8 Å². The van der Waals surface area contributed by atoms with Crippen molar-refractivity contribution in [2.45, 2.75) is 20.3 Å². The highest BCUT2D eigenvalue weighted by atomic mass is 35.5. The van der Waals surface area contributed by atoms with E-state index in [4.69, 9.17) is 0 Å². The lowest BCUT2D eigenvalue weighted by atomic mass is 10.2. The van der Waals surface area contributed by atoms with E-state index in [1.807, 2.05) is 11.3 Å². The summed E-state index contributed by atoms with van der Waals surface area (Å²) in [7, 11) is 0. The Morgan fingerprint density at radius 3 is 2.67 bits per heavy atom. The minimum Gasteiger partial charge on any atom is -0.351 e. The van der Waals surface area contributed by atoms with Crippen LogP contribution in [0.1, 0.15) is 29.5 Å². The summed E-state index contributed by atoms with van der Waals surface area (Å²) in [6, 6.07) is 3.56. The molecule has 1 amide bonds. The number of aryl methyl sites for hydroxylation is 1. The van der Waals surface area contributed by atoms with Crippen LogP contribution in [0.15, 0.2) is 18.3 Å². The lowest BCUT2D eigenvalue weighted by molar-refractivity contribution is 0.0953. The molecular formula is C13H21Cl2N5O. The quantitative estimate of drug-likeness (QED) is 0.788. The summed E-state index contributed by atoms with van der Waals surface area (Å²) in [5.74, 6) is 0.697. The first kappa shape index (κ1) is 19.6. The first-order valence-corrected chi connectivity index (χ1v) is 6.52. The number of hydrogen-bond acceptors (Lipinski definition) is 4. The van der Waals surface area contributed by atoms with Crippen LogP contribution in [0.2, 0.25) is 0 Å². The van der Waals surface area contributed by atoms with E-state index in [-0.39, 0.29) is 30.7 Å². The van der Waals surface area contributed by atoms with E-state index in [0.29, 0.717) is 12.1 Å². The number of aromatic nitrogens is 3. The smallest absolute Gasteiger partial charge is 0.252 e. The molecule has 8 heteroatoms. The van der Waals surface area contributed by atoms with Crippen LogP contribution in [0.3, 0.4) is 0 Å². The summed E-state index contributed by atoms with van der Waals surface area (Å²) in [5.41, 5.74) is 1.37. The normalized spacial score (nSPS) is 9.81. The Hall–Kier alpha value is -1.37. The van der Waals surface area contributed by atoms with Crippen molar-refractivity contribution in [3.05, 3.63) is 29.7 Å². The number of amides is 1. The lowest BCUT2D eigenvalue weighted by Gasteiger charge is -2.06. The summed E-state index contributed by atoms with van der Waals surface area (Å²) in [4.78, 5) is 12.0. The van der Waals surface area contributed by atoms with E-state index in [1.165, 1.54) is 0 Å². The van der Waals surface area contributed by atoms with Crippen molar-refractivity contribution in [2.24, 2.45) is 0 Å².